The van der Waals surface area contributed by atoms with E-state index in [1.54, 1.807) is 23.1 Å². The summed E-state index contributed by atoms with van der Waals surface area (Å²) in [7, 11) is 0. The van der Waals surface area contributed by atoms with E-state index >= 15 is 0 Å². The van der Waals surface area contributed by atoms with Crippen molar-refractivity contribution in [3.05, 3.63) is 65.1 Å². The zero-order chi connectivity index (χ0) is 19.2. The minimum absolute atomic E-state index is 0.582. The molecule has 1 aromatic carbocycles. The first kappa shape index (κ1) is 18.9. The first-order chi connectivity index (χ1) is 13.8. The Kier molecular flexibility index (Phi) is 6.18. The van der Waals surface area contributed by atoms with Crippen molar-refractivity contribution < 1.29 is 4.52 Å². The Morgan fingerprint density at radius 1 is 1.07 bits per heavy atom. The summed E-state index contributed by atoms with van der Waals surface area (Å²) >= 11 is 3.19. The van der Waals surface area contributed by atoms with Crippen LogP contribution >= 0.6 is 23.1 Å². The lowest BCUT2D eigenvalue weighted by molar-refractivity contribution is 0.391. The summed E-state index contributed by atoms with van der Waals surface area (Å²) in [6.45, 7) is 3.07. The van der Waals surface area contributed by atoms with Gasteiger partial charge in [-0.25, -0.2) is 0 Å². The van der Waals surface area contributed by atoms with Crippen molar-refractivity contribution in [1.82, 2.24) is 24.9 Å². The van der Waals surface area contributed by atoms with Gasteiger partial charge in [-0.1, -0.05) is 60.2 Å². The van der Waals surface area contributed by atoms with Crippen LogP contribution in [0.5, 0.6) is 0 Å². The van der Waals surface area contributed by atoms with Gasteiger partial charge in [-0.05, 0) is 29.9 Å². The van der Waals surface area contributed by atoms with Gasteiger partial charge >= 0.3 is 0 Å². The Balaban J connectivity index is 1.42. The first-order valence-corrected chi connectivity index (χ1v) is 11.1. The van der Waals surface area contributed by atoms with Crippen LogP contribution in [0.2, 0.25) is 0 Å². The summed E-state index contributed by atoms with van der Waals surface area (Å²) in [5.41, 5.74) is 1.31. The van der Waals surface area contributed by atoms with Gasteiger partial charge in [0.05, 0.1) is 10.6 Å². The maximum atomic E-state index is 5.39. The number of benzene rings is 1. The van der Waals surface area contributed by atoms with Crippen LogP contribution in [0.3, 0.4) is 0 Å². The van der Waals surface area contributed by atoms with E-state index in [9.17, 15) is 0 Å². The van der Waals surface area contributed by atoms with Crippen molar-refractivity contribution >= 4 is 23.1 Å². The minimum Gasteiger partial charge on any atom is -0.338 e. The van der Waals surface area contributed by atoms with Crippen LogP contribution in [0.15, 0.2) is 57.5 Å². The van der Waals surface area contributed by atoms with E-state index in [0.29, 0.717) is 17.5 Å². The smallest absolute Gasteiger partial charge is 0.237 e. The molecule has 0 saturated heterocycles. The molecule has 0 aliphatic carbocycles. The molecular formula is C20H21N5OS2. The highest BCUT2D eigenvalue weighted by Gasteiger charge is 2.15. The Bertz CT molecular complexity index is 995. The third kappa shape index (κ3) is 4.51. The number of thiophene rings is 1. The van der Waals surface area contributed by atoms with E-state index in [1.165, 1.54) is 5.56 Å². The second-order valence-electron chi connectivity index (χ2n) is 6.31. The molecule has 144 valence electrons. The molecule has 4 rings (SSSR count). The Labute approximate surface area is 172 Å². The van der Waals surface area contributed by atoms with Gasteiger partial charge in [0.2, 0.25) is 11.7 Å². The number of aromatic nitrogens is 5. The zero-order valence-electron chi connectivity index (χ0n) is 15.6. The lowest BCUT2D eigenvalue weighted by atomic mass is 10.1. The second-order valence-corrected chi connectivity index (χ2v) is 8.20. The fraction of sp³-hybridized carbons (Fsp3) is 0.300. The molecule has 0 spiro atoms. The number of rotatable bonds is 9. The van der Waals surface area contributed by atoms with Crippen LogP contribution in [0.1, 0.15) is 30.6 Å². The Morgan fingerprint density at radius 3 is 2.75 bits per heavy atom. The molecule has 0 atom stereocenters. The van der Waals surface area contributed by atoms with Crippen molar-refractivity contribution in [2.45, 2.75) is 43.6 Å². The van der Waals surface area contributed by atoms with Crippen LogP contribution in [0, 0.1) is 0 Å². The molecule has 0 bridgehead atoms. The van der Waals surface area contributed by atoms with Crippen LogP contribution in [-0.4, -0.2) is 24.9 Å². The topological polar surface area (TPSA) is 69.6 Å². The quantitative estimate of drug-likeness (QED) is 0.366. The van der Waals surface area contributed by atoms with Crippen LogP contribution in [0.4, 0.5) is 0 Å². The molecule has 6 nitrogen and oxygen atoms in total. The summed E-state index contributed by atoms with van der Waals surface area (Å²) in [4.78, 5) is 5.49. The third-order valence-corrected chi connectivity index (χ3v) is 6.07. The summed E-state index contributed by atoms with van der Waals surface area (Å²) in [6.07, 6.45) is 2.87. The van der Waals surface area contributed by atoms with E-state index in [1.807, 2.05) is 23.6 Å². The molecule has 0 N–H and O–H groups in total. The van der Waals surface area contributed by atoms with Gasteiger partial charge in [0.15, 0.2) is 5.16 Å². The fourth-order valence-corrected chi connectivity index (χ4v) is 4.38. The largest absolute Gasteiger partial charge is 0.338 e. The van der Waals surface area contributed by atoms with Gasteiger partial charge in [-0.15, -0.1) is 21.5 Å². The summed E-state index contributed by atoms with van der Waals surface area (Å²) in [5, 5.41) is 15.8. The van der Waals surface area contributed by atoms with E-state index < -0.39 is 0 Å². The number of thioether (sulfide) groups is 1. The van der Waals surface area contributed by atoms with E-state index in [0.717, 1.165) is 41.7 Å². The van der Waals surface area contributed by atoms with Gasteiger partial charge in [-0.2, -0.15) is 4.98 Å². The predicted molar refractivity (Wildman–Crippen MR) is 111 cm³/mol. The van der Waals surface area contributed by atoms with E-state index in [2.05, 4.69) is 56.1 Å². The molecule has 0 amide bonds. The molecule has 3 aromatic heterocycles. The van der Waals surface area contributed by atoms with Crippen molar-refractivity contribution in [2.24, 2.45) is 0 Å². The summed E-state index contributed by atoms with van der Waals surface area (Å²) in [6, 6.07) is 14.5. The standard InChI is InChI=1S/C20H21N5OS2/c1-2-12-25-17(11-10-15-7-4-3-5-8-15)22-23-20(25)28-14-18-21-19(24-26-18)16-9-6-13-27-16/h3-9,13H,2,10-12,14H2,1H3. The highest BCUT2D eigenvalue weighted by molar-refractivity contribution is 7.98. The SMILES string of the molecule is CCCn1c(CCc2ccccc2)nnc1SCc1nc(-c2cccs2)no1. The Hall–Kier alpha value is -2.45. The molecule has 0 radical (unpaired) electrons. The summed E-state index contributed by atoms with van der Waals surface area (Å²) in [5.74, 6) is 2.85. The van der Waals surface area contributed by atoms with Gasteiger partial charge in [-0.3, -0.25) is 0 Å². The Morgan fingerprint density at radius 2 is 1.96 bits per heavy atom. The number of hydrogen-bond acceptors (Lipinski definition) is 7. The predicted octanol–water partition coefficient (Wildman–Crippen LogP) is 4.88. The first-order valence-electron chi connectivity index (χ1n) is 9.28. The van der Waals surface area contributed by atoms with Gasteiger partial charge in [0.1, 0.15) is 5.82 Å². The molecule has 0 aliphatic heterocycles. The highest BCUT2D eigenvalue weighted by atomic mass is 32.2. The maximum Gasteiger partial charge on any atom is 0.237 e. The van der Waals surface area contributed by atoms with Crippen molar-refractivity contribution in [3.8, 4) is 10.7 Å². The molecule has 28 heavy (non-hydrogen) atoms. The normalized spacial score (nSPS) is 11.2. The van der Waals surface area contributed by atoms with Gasteiger partial charge < -0.3 is 9.09 Å². The van der Waals surface area contributed by atoms with Gasteiger partial charge in [0.25, 0.3) is 0 Å². The lowest BCUT2D eigenvalue weighted by Crippen LogP contribution is -2.06. The average molecular weight is 412 g/mol. The number of aryl methyl sites for hydroxylation is 2. The summed E-state index contributed by atoms with van der Waals surface area (Å²) < 4.78 is 7.60. The number of nitrogens with zero attached hydrogens (tertiary/aromatic N) is 5. The van der Waals surface area contributed by atoms with Gasteiger partial charge in [0, 0.05) is 13.0 Å². The second kappa shape index (κ2) is 9.16. The molecule has 3 heterocycles. The average Bonchev–Trinajstić information content (AvgIpc) is 3.47. The van der Waals surface area contributed by atoms with Crippen molar-refractivity contribution in [2.75, 3.05) is 0 Å². The van der Waals surface area contributed by atoms with Crippen molar-refractivity contribution in [1.29, 1.82) is 0 Å². The van der Waals surface area contributed by atoms with E-state index in [-0.39, 0.29) is 0 Å². The van der Waals surface area contributed by atoms with E-state index in [4.69, 9.17) is 4.52 Å². The maximum absolute atomic E-state index is 5.39. The zero-order valence-corrected chi connectivity index (χ0v) is 17.2. The highest BCUT2D eigenvalue weighted by Crippen LogP contribution is 2.25. The molecule has 0 fully saturated rings. The minimum atomic E-state index is 0.582. The monoisotopic (exact) mass is 411 g/mol. The van der Waals surface area contributed by atoms with Crippen LogP contribution in [0.25, 0.3) is 10.7 Å². The lowest BCUT2D eigenvalue weighted by Gasteiger charge is -2.08. The molecule has 4 aromatic rings. The molecule has 8 heteroatoms. The molecule has 0 saturated carbocycles. The molecule has 0 aliphatic rings. The van der Waals surface area contributed by atoms with Crippen molar-refractivity contribution in [3.63, 3.8) is 0 Å². The molecular weight excluding hydrogens is 390 g/mol. The fourth-order valence-electron chi connectivity index (χ4n) is 2.91. The number of hydrogen-bond donors (Lipinski definition) is 0. The molecule has 0 unspecified atom stereocenters. The van der Waals surface area contributed by atoms with Crippen LogP contribution < -0.4 is 0 Å². The van der Waals surface area contributed by atoms with Crippen LogP contribution in [-0.2, 0) is 25.1 Å². The third-order valence-electron chi connectivity index (χ3n) is 4.26.